The van der Waals surface area contributed by atoms with Crippen LogP contribution in [0.25, 0.3) is 0 Å². The maximum absolute atomic E-state index is 5.40. The highest BCUT2D eigenvalue weighted by Crippen LogP contribution is 2.14. The van der Waals surface area contributed by atoms with E-state index in [1.54, 1.807) is 7.11 Å². The first-order valence-corrected chi connectivity index (χ1v) is 6.19. The van der Waals surface area contributed by atoms with E-state index in [1.807, 2.05) is 36.7 Å². The van der Waals surface area contributed by atoms with Crippen LogP contribution in [0.5, 0.6) is 5.75 Å². The molecule has 0 aliphatic heterocycles. The zero-order valence-electron chi connectivity index (χ0n) is 11.0. The van der Waals surface area contributed by atoms with Crippen molar-refractivity contribution in [1.82, 2.24) is 9.97 Å². The molecule has 0 radical (unpaired) electrons. The van der Waals surface area contributed by atoms with Gasteiger partial charge in [-0.05, 0) is 23.3 Å². The second kappa shape index (κ2) is 6.70. The molecule has 0 spiro atoms. The van der Waals surface area contributed by atoms with Gasteiger partial charge in [-0.3, -0.25) is 0 Å². The van der Waals surface area contributed by atoms with Crippen LogP contribution < -0.4 is 15.8 Å². The molecule has 2 aromatic rings. The molecule has 5 heteroatoms. The van der Waals surface area contributed by atoms with Gasteiger partial charge < -0.3 is 15.8 Å². The van der Waals surface area contributed by atoms with Crippen molar-refractivity contribution in [1.29, 1.82) is 0 Å². The number of nitrogens with zero attached hydrogens (tertiary/aromatic N) is 2. The molecule has 1 aromatic heterocycles. The molecular weight excluding hydrogens is 240 g/mol. The summed E-state index contributed by atoms with van der Waals surface area (Å²) in [5.41, 5.74) is 7.68. The Morgan fingerprint density at radius 2 is 1.79 bits per heavy atom. The first-order chi connectivity index (χ1) is 9.31. The molecule has 0 unspecified atom stereocenters. The third-order valence-corrected chi connectivity index (χ3v) is 2.70. The molecule has 0 atom stereocenters. The second-order valence-corrected chi connectivity index (χ2v) is 4.16. The van der Waals surface area contributed by atoms with E-state index >= 15 is 0 Å². The molecule has 0 aliphatic rings. The fourth-order valence-corrected chi connectivity index (χ4v) is 1.70. The zero-order chi connectivity index (χ0) is 13.5. The van der Waals surface area contributed by atoms with Crippen LogP contribution in [0.15, 0.2) is 36.7 Å². The average molecular weight is 258 g/mol. The molecule has 3 N–H and O–H groups in total. The molecule has 5 nitrogen and oxygen atoms in total. The van der Waals surface area contributed by atoms with E-state index in [2.05, 4.69) is 15.3 Å². The van der Waals surface area contributed by atoms with E-state index < -0.39 is 0 Å². The topological polar surface area (TPSA) is 73.1 Å². The molecule has 1 heterocycles. The summed E-state index contributed by atoms with van der Waals surface area (Å²) >= 11 is 0. The summed E-state index contributed by atoms with van der Waals surface area (Å²) in [5.74, 6) is 1.48. The highest BCUT2D eigenvalue weighted by atomic mass is 16.5. The number of benzene rings is 1. The number of hydrogen-bond donors (Lipinski definition) is 2. The summed E-state index contributed by atoms with van der Waals surface area (Å²) in [4.78, 5) is 8.49. The molecule has 2 rings (SSSR count). The van der Waals surface area contributed by atoms with Crippen molar-refractivity contribution < 1.29 is 4.74 Å². The Balaban J connectivity index is 1.98. The molecule has 0 bridgehead atoms. The van der Waals surface area contributed by atoms with Crippen LogP contribution in [0.2, 0.25) is 0 Å². The zero-order valence-corrected chi connectivity index (χ0v) is 11.0. The normalized spacial score (nSPS) is 10.2. The van der Waals surface area contributed by atoms with Crippen LogP contribution in [0.4, 0.5) is 5.95 Å². The highest BCUT2D eigenvalue weighted by molar-refractivity contribution is 5.31. The first-order valence-electron chi connectivity index (χ1n) is 6.19. The van der Waals surface area contributed by atoms with Gasteiger partial charge in [0.25, 0.3) is 0 Å². The van der Waals surface area contributed by atoms with Crippen LogP contribution in [-0.2, 0) is 6.42 Å². The Morgan fingerprint density at radius 3 is 2.37 bits per heavy atom. The quantitative estimate of drug-likeness (QED) is 0.820. The summed E-state index contributed by atoms with van der Waals surface area (Å²) in [6.45, 7) is 1.24. The lowest BCUT2D eigenvalue weighted by Gasteiger charge is -2.05. The fourth-order valence-electron chi connectivity index (χ4n) is 1.70. The van der Waals surface area contributed by atoms with Crippen molar-refractivity contribution in [3.05, 3.63) is 47.8 Å². The largest absolute Gasteiger partial charge is 0.497 e. The fraction of sp³-hybridized carbons (Fsp3) is 0.286. The van der Waals surface area contributed by atoms with E-state index in [0.29, 0.717) is 19.0 Å². The Kier molecular flexibility index (Phi) is 4.69. The van der Waals surface area contributed by atoms with Crippen LogP contribution in [0.3, 0.4) is 0 Å². The Hall–Kier alpha value is -2.14. The minimum absolute atomic E-state index is 0.566. The standard InChI is InChI=1S/C14H18N4O/c1-19-13-4-2-11(3-5-13)8-12-9-17-14(18-10-12)16-7-6-15/h2-5,9-10H,6-8,15H2,1H3,(H,16,17,18). The van der Waals surface area contributed by atoms with Crippen molar-refractivity contribution >= 4 is 5.95 Å². The number of rotatable bonds is 6. The summed E-state index contributed by atoms with van der Waals surface area (Å²) < 4.78 is 5.13. The van der Waals surface area contributed by atoms with Gasteiger partial charge in [0.1, 0.15) is 5.75 Å². The smallest absolute Gasteiger partial charge is 0.222 e. The van der Waals surface area contributed by atoms with E-state index in [-0.39, 0.29) is 0 Å². The Morgan fingerprint density at radius 1 is 1.11 bits per heavy atom. The molecule has 0 fully saturated rings. The van der Waals surface area contributed by atoms with Gasteiger partial charge >= 0.3 is 0 Å². The van der Waals surface area contributed by atoms with Crippen molar-refractivity contribution in [3.8, 4) is 5.75 Å². The molecule has 0 aliphatic carbocycles. The third-order valence-electron chi connectivity index (χ3n) is 2.70. The molecule has 0 amide bonds. The van der Waals surface area contributed by atoms with Crippen LogP contribution in [-0.4, -0.2) is 30.2 Å². The number of nitrogens with two attached hydrogens (primary N) is 1. The maximum atomic E-state index is 5.40. The summed E-state index contributed by atoms with van der Waals surface area (Å²) in [7, 11) is 1.66. The number of nitrogens with one attached hydrogen (secondary N) is 1. The lowest BCUT2D eigenvalue weighted by Crippen LogP contribution is -2.14. The lowest BCUT2D eigenvalue weighted by atomic mass is 10.1. The summed E-state index contributed by atoms with van der Waals surface area (Å²) in [6, 6.07) is 7.99. The van der Waals surface area contributed by atoms with Gasteiger partial charge in [0.2, 0.25) is 5.95 Å². The second-order valence-electron chi connectivity index (χ2n) is 4.16. The van der Waals surface area contributed by atoms with Gasteiger partial charge in [0.05, 0.1) is 7.11 Å². The average Bonchev–Trinajstić information content (AvgIpc) is 2.47. The predicted octanol–water partition coefficient (Wildman–Crippen LogP) is 1.45. The summed E-state index contributed by atoms with van der Waals surface area (Å²) in [5, 5.41) is 3.04. The van der Waals surface area contributed by atoms with Crippen molar-refractivity contribution in [2.75, 3.05) is 25.5 Å². The number of hydrogen-bond acceptors (Lipinski definition) is 5. The van der Waals surface area contributed by atoms with Crippen LogP contribution in [0.1, 0.15) is 11.1 Å². The van der Waals surface area contributed by atoms with E-state index in [4.69, 9.17) is 10.5 Å². The van der Waals surface area contributed by atoms with Gasteiger partial charge in [-0.1, -0.05) is 12.1 Å². The molecule has 0 saturated carbocycles. The monoisotopic (exact) mass is 258 g/mol. The van der Waals surface area contributed by atoms with E-state index in [9.17, 15) is 0 Å². The molecule has 0 saturated heterocycles. The van der Waals surface area contributed by atoms with Gasteiger partial charge in [0.15, 0.2) is 0 Å². The number of aromatic nitrogens is 2. The first kappa shape index (κ1) is 13.3. The van der Waals surface area contributed by atoms with Crippen molar-refractivity contribution in [2.45, 2.75) is 6.42 Å². The number of anilines is 1. The Bertz CT molecular complexity index is 496. The van der Waals surface area contributed by atoms with Gasteiger partial charge in [-0.15, -0.1) is 0 Å². The third kappa shape index (κ3) is 3.93. The van der Waals surface area contributed by atoms with Crippen molar-refractivity contribution in [2.24, 2.45) is 5.73 Å². The molecule has 19 heavy (non-hydrogen) atoms. The van der Waals surface area contributed by atoms with Gasteiger partial charge in [-0.2, -0.15) is 0 Å². The minimum Gasteiger partial charge on any atom is -0.497 e. The van der Waals surface area contributed by atoms with E-state index in [1.165, 1.54) is 5.56 Å². The highest BCUT2D eigenvalue weighted by Gasteiger charge is 2.00. The van der Waals surface area contributed by atoms with Crippen LogP contribution in [0, 0.1) is 0 Å². The molecule has 1 aromatic carbocycles. The maximum Gasteiger partial charge on any atom is 0.222 e. The molecule has 100 valence electrons. The van der Waals surface area contributed by atoms with E-state index in [0.717, 1.165) is 17.7 Å². The van der Waals surface area contributed by atoms with Crippen LogP contribution >= 0.6 is 0 Å². The molecular formula is C14H18N4O. The Labute approximate surface area is 112 Å². The predicted molar refractivity (Wildman–Crippen MR) is 75.4 cm³/mol. The van der Waals surface area contributed by atoms with Crippen molar-refractivity contribution in [3.63, 3.8) is 0 Å². The minimum atomic E-state index is 0.566. The SMILES string of the molecule is COc1ccc(Cc2cnc(NCCN)nc2)cc1. The number of ether oxygens (including phenoxy) is 1. The number of methoxy groups -OCH3 is 1. The van der Waals surface area contributed by atoms with Gasteiger partial charge in [-0.25, -0.2) is 9.97 Å². The van der Waals surface area contributed by atoms with Gasteiger partial charge in [0, 0.05) is 31.9 Å². The lowest BCUT2D eigenvalue weighted by molar-refractivity contribution is 0.414. The summed E-state index contributed by atoms with van der Waals surface area (Å²) in [6.07, 6.45) is 4.47.